The Bertz CT molecular complexity index is 1140. The number of rotatable bonds is 4. The lowest BCUT2D eigenvalue weighted by Crippen LogP contribution is -2.49. The van der Waals surface area contributed by atoms with Gasteiger partial charge in [-0.05, 0) is 37.4 Å². The molecule has 1 aliphatic heterocycles. The molecule has 29 heavy (non-hydrogen) atoms. The predicted molar refractivity (Wildman–Crippen MR) is 108 cm³/mol. The van der Waals surface area contributed by atoms with Gasteiger partial charge in [-0.2, -0.15) is 0 Å². The van der Waals surface area contributed by atoms with E-state index in [1.165, 1.54) is 23.3 Å². The Hall–Kier alpha value is -2.63. The van der Waals surface area contributed by atoms with Crippen LogP contribution in [0, 0.1) is 5.82 Å². The van der Waals surface area contributed by atoms with Gasteiger partial charge in [0.05, 0.1) is 10.5 Å². The molecule has 0 aliphatic carbocycles. The number of pyridine rings is 1. The summed E-state index contributed by atoms with van der Waals surface area (Å²) >= 11 is 1.49. The first-order valence-electron chi connectivity index (χ1n) is 8.88. The van der Waals surface area contributed by atoms with Crippen LogP contribution in [0.1, 0.15) is 10.4 Å². The van der Waals surface area contributed by atoms with Crippen LogP contribution in [0.15, 0.2) is 41.4 Å². The van der Waals surface area contributed by atoms with Gasteiger partial charge in [0.2, 0.25) is 10.0 Å². The van der Waals surface area contributed by atoms with Crippen LogP contribution in [0.5, 0.6) is 0 Å². The third-order valence-corrected chi connectivity index (χ3v) is 7.19. The van der Waals surface area contributed by atoms with E-state index in [2.05, 4.69) is 19.6 Å². The zero-order chi connectivity index (χ0) is 20.6. The molecule has 0 atom stereocenters. The van der Waals surface area contributed by atoms with Gasteiger partial charge in [-0.1, -0.05) is 11.3 Å². The lowest BCUT2D eigenvalue weighted by atomic mass is 10.1. The fourth-order valence-corrected chi connectivity index (χ4v) is 4.83. The van der Waals surface area contributed by atoms with Crippen molar-refractivity contribution >= 4 is 42.7 Å². The van der Waals surface area contributed by atoms with E-state index in [-0.39, 0.29) is 10.5 Å². The summed E-state index contributed by atoms with van der Waals surface area (Å²) in [5, 5.41) is 0.832. The molecule has 1 amide bonds. The van der Waals surface area contributed by atoms with Gasteiger partial charge < -0.3 is 9.80 Å². The van der Waals surface area contributed by atoms with E-state index in [1.807, 2.05) is 12.1 Å². The van der Waals surface area contributed by atoms with E-state index in [4.69, 9.17) is 0 Å². The molecule has 1 aromatic carbocycles. The second kappa shape index (κ2) is 7.65. The molecule has 0 saturated carbocycles. The number of amides is 1. The van der Waals surface area contributed by atoms with Gasteiger partial charge in [0.15, 0.2) is 5.13 Å². The van der Waals surface area contributed by atoms with Gasteiger partial charge in [0.25, 0.3) is 5.91 Å². The number of carbonyl (C=O) groups is 1. The van der Waals surface area contributed by atoms with Crippen molar-refractivity contribution in [3.8, 4) is 0 Å². The first-order valence-corrected chi connectivity index (χ1v) is 11.2. The van der Waals surface area contributed by atoms with E-state index >= 15 is 0 Å². The van der Waals surface area contributed by atoms with Gasteiger partial charge in [-0.3, -0.25) is 4.79 Å². The Morgan fingerprint density at radius 1 is 1.21 bits per heavy atom. The van der Waals surface area contributed by atoms with E-state index in [0.717, 1.165) is 33.7 Å². The van der Waals surface area contributed by atoms with Crippen LogP contribution in [-0.4, -0.2) is 62.4 Å². The number of fused-ring (bicyclic) bond motifs is 1. The van der Waals surface area contributed by atoms with Crippen LogP contribution in [-0.2, 0) is 10.0 Å². The van der Waals surface area contributed by atoms with E-state index in [1.54, 1.807) is 6.20 Å². The summed E-state index contributed by atoms with van der Waals surface area (Å²) in [6.45, 7) is 1.85. The number of thiazole rings is 1. The van der Waals surface area contributed by atoms with Crippen molar-refractivity contribution in [2.24, 2.45) is 0 Å². The zero-order valence-corrected chi connectivity index (χ0v) is 17.1. The highest BCUT2D eigenvalue weighted by Gasteiger charge is 2.27. The molecule has 0 spiro atoms. The minimum absolute atomic E-state index is 0.148. The Labute approximate surface area is 171 Å². The van der Waals surface area contributed by atoms with Crippen molar-refractivity contribution in [1.29, 1.82) is 0 Å². The summed E-state index contributed by atoms with van der Waals surface area (Å²) in [5.74, 6) is -1.27. The quantitative estimate of drug-likeness (QED) is 0.670. The van der Waals surface area contributed by atoms with Crippen LogP contribution in [0.2, 0.25) is 0 Å². The molecule has 0 radical (unpaired) electrons. The van der Waals surface area contributed by atoms with Crippen LogP contribution >= 0.6 is 11.3 Å². The smallest absolute Gasteiger partial charge is 0.256 e. The number of hydrogen-bond donors (Lipinski definition) is 1. The first-order chi connectivity index (χ1) is 13.9. The fraction of sp³-hybridized carbons (Fsp3) is 0.278. The van der Waals surface area contributed by atoms with Crippen LogP contribution in [0.3, 0.4) is 0 Å². The Morgan fingerprint density at radius 2 is 1.97 bits per heavy atom. The van der Waals surface area contributed by atoms with E-state index in [0.29, 0.717) is 26.2 Å². The van der Waals surface area contributed by atoms with Gasteiger partial charge >= 0.3 is 0 Å². The molecule has 0 unspecified atom stereocenters. The number of piperazine rings is 1. The molecule has 3 heterocycles. The lowest BCUT2D eigenvalue weighted by molar-refractivity contribution is 0.0741. The summed E-state index contributed by atoms with van der Waals surface area (Å²) in [5.41, 5.74) is 0.578. The Kier molecular flexibility index (Phi) is 5.19. The number of benzene rings is 1. The number of nitrogens with zero attached hydrogens (tertiary/aromatic N) is 4. The van der Waals surface area contributed by atoms with Crippen LogP contribution < -0.4 is 9.62 Å². The molecule has 4 rings (SSSR count). The van der Waals surface area contributed by atoms with Crippen molar-refractivity contribution in [2.75, 3.05) is 38.1 Å². The minimum atomic E-state index is -3.77. The number of carbonyl (C=O) groups excluding carboxylic acids is 1. The van der Waals surface area contributed by atoms with Crippen molar-refractivity contribution in [2.45, 2.75) is 4.90 Å². The molecule has 0 bridgehead atoms. The van der Waals surface area contributed by atoms with Crippen LogP contribution in [0.4, 0.5) is 9.52 Å². The molecule has 1 saturated heterocycles. The average molecular weight is 436 g/mol. The van der Waals surface area contributed by atoms with Gasteiger partial charge in [0, 0.05) is 32.4 Å². The van der Waals surface area contributed by atoms with Gasteiger partial charge in [-0.25, -0.2) is 27.5 Å². The van der Waals surface area contributed by atoms with Crippen molar-refractivity contribution in [3.05, 3.63) is 47.9 Å². The molecule has 11 heteroatoms. The van der Waals surface area contributed by atoms with Crippen molar-refractivity contribution in [3.63, 3.8) is 0 Å². The second-order valence-electron chi connectivity index (χ2n) is 6.45. The molecule has 152 valence electrons. The standard InChI is InChI=1S/C18H18FN5O3S2/c1-20-29(26,27)12-4-5-14(19)13(11-12)17(25)23-7-9-24(10-8-23)18-22-15-3-2-6-21-16(15)28-18/h2-6,11,20H,7-10H2,1H3. The third-order valence-electron chi connectivity index (χ3n) is 4.74. The summed E-state index contributed by atoms with van der Waals surface area (Å²) in [4.78, 5) is 26.0. The van der Waals surface area contributed by atoms with Gasteiger partial charge in [0.1, 0.15) is 16.2 Å². The average Bonchev–Trinajstić information content (AvgIpc) is 3.18. The fourth-order valence-electron chi connectivity index (χ4n) is 3.12. The Balaban J connectivity index is 1.50. The second-order valence-corrected chi connectivity index (χ2v) is 9.30. The highest BCUT2D eigenvalue weighted by Crippen LogP contribution is 2.28. The molecule has 1 fully saturated rings. The van der Waals surface area contributed by atoms with E-state index in [9.17, 15) is 17.6 Å². The first kappa shape index (κ1) is 19.7. The lowest BCUT2D eigenvalue weighted by Gasteiger charge is -2.34. The van der Waals surface area contributed by atoms with Gasteiger partial charge in [-0.15, -0.1) is 0 Å². The molecular weight excluding hydrogens is 417 g/mol. The molecule has 1 N–H and O–H groups in total. The summed E-state index contributed by atoms with van der Waals surface area (Å²) < 4.78 is 40.3. The molecule has 3 aromatic rings. The van der Waals surface area contributed by atoms with Crippen molar-refractivity contribution < 1.29 is 17.6 Å². The summed E-state index contributed by atoms with van der Waals surface area (Å²) in [7, 11) is -2.51. The number of nitrogens with one attached hydrogen (secondary N) is 1. The maximum atomic E-state index is 14.2. The number of hydrogen-bond acceptors (Lipinski definition) is 7. The Morgan fingerprint density at radius 3 is 2.66 bits per heavy atom. The number of halogens is 1. The summed E-state index contributed by atoms with van der Waals surface area (Å²) in [6, 6.07) is 6.95. The SMILES string of the molecule is CNS(=O)(=O)c1ccc(F)c(C(=O)N2CCN(c3nc4cccnc4s3)CC2)c1. The number of anilines is 1. The monoisotopic (exact) mass is 435 g/mol. The molecule has 2 aromatic heterocycles. The topological polar surface area (TPSA) is 95.5 Å². The number of aromatic nitrogens is 2. The highest BCUT2D eigenvalue weighted by molar-refractivity contribution is 7.89. The van der Waals surface area contributed by atoms with E-state index < -0.39 is 21.7 Å². The zero-order valence-electron chi connectivity index (χ0n) is 15.5. The van der Waals surface area contributed by atoms with Crippen LogP contribution in [0.25, 0.3) is 10.3 Å². The third kappa shape index (κ3) is 3.80. The minimum Gasteiger partial charge on any atom is -0.344 e. The highest BCUT2D eigenvalue weighted by atomic mass is 32.2. The maximum Gasteiger partial charge on any atom is 0.256 e. The molecular formula is C18H18FN5O3S2. The van der Waals surface area contributed by atoms with Crippen molar-refractivity contribution in [1.82, 2.24) is 19.6 Å². The molecule has 1 aliphatic rings. The normalized spacial score (nSPS) is 15.1. The maximum absolute atomic E-state index is 14.2. The molecule has 8 nitrogen and oxygen atoms in total. The summed E-state index contributed by atoms with van der Waals surface area (Å²) in [6.07, 6.45) is 1.72. The largest absolute Gasteiger partial charge is 0.344 e. The number of sulfonamides is 1. The predicted octanol–water partition coefficient (Wildman–Crippen LogP) is 1.70.